The molecule has 0 saturated carbocycles. The van der Waals surface area contributed by atoms with Crippen molar-refractivity contribution >= 4 is 29.2 Å². The van der Waals surface area contributed by atoms with Crippen LogP contribution in [0.25, 0.3) is 0 Å². The molecule has 0 unspecified atom stereocenters. The number of esters is 1. The molecule has 0 bridgehead atoms. The maximum atomic E-state index is 14.1. The van der Waals surface area contributed by atoms with E-state index in [4.69, 9.17) is 32.7 Å². The monoisotopic (exact) mass is 520 g/mol. The van der Waals surface area contributed by atoms with Crippen LogP contribution >= 0.6 is 23.2 Å². The zero-order chi connectivity index (χ0) is 25.3. The summed E-state index contributed by atoms with van der Waals surface area (Å²) >= 11 is 12.9. The van der Waals surface area contributed by atoms with Crippen molar-refractivity contribution in [2.24, 2.45) is 0 Å². The van der Waals surface area contributed by atoms with Gasteiger partial charge in [-0.2, -0.15) is 0 Å². The Kier molecular flexibility index (Phi) is 7.64. The minimum Gasteiger partial charge on any atom is -0.488 e. The van der Waals surface area contributed by atoms with E-state index in [2.05, 4.69) is 0 Å². The first-order chi connectivity index (χ1) is 16.6. The molecule has 4 rings (SSSR count). The molecule has 1 aliphatic rings. The number of carbonyl (C=O) groups excluding carboxylic acids is 1. The van der Waals surface area contributed by atoms with E-state index in [0.29, 0.717) is 27.5 Å². The van der Waals surface area contributed by atoms with Crippen LogP contribution in [0, 0.1) is 25.5 Å². The predicted molar refractivity (Wildman–Crippen MR) is 130 cm³/mol. The summed E-state index contributed by atoms with van der Waals surface area (Å²) in [6.07, 6.45) is -1.27. The zero-order valence-electron chi connectivity index (χ0n) is 19.2. The third-order valence-electron chi connectivity index (χ3n) is 6.03. The number of cyclic esters (lactones) is 1. The summed E-state index contributed by atoms with van der Waals surface area (Å²) in [6.45, 7) is 3.29. The van der Waals surface area contributed by atoms with E-state index >= 15 is 0 Å². The maximum Gasteiger partial charge on any atom is 0.308 e. The Labute approximate surface area is 212 Å². The Morgan fingerprint density at radius 2 is 1.63 bits per heavy atom. The third kappa shape index (κ3) is 5.77. The number of rotatable bonds is 6. The number of aliphatic hydroxyl groups excluding tert-OH is 1. The Morgan fingerprint density at radius 1 is 1.03 bits per heavy atom. The number of ether oxygens (including phenoxy) is 2. The van der Waals surface area contributed by atoms with Gasteiger partial charge in [-0.1, -0.05) is 47.5 Å². The lowest BCUT2D eigenvalue weighted by molar-refractivity contribution is -0.162. The van der Waals surface area contributed by atoms with Crippen molar-refractivity contribution in [1.82, 2.24) is 0 Å². The van der Waals surface area contributed by atoms with Crippen molar-refractivity contribution in [3.63, 3.8) is 0 Å². The topological polar surface area (TPSA) is 55.8 Å². The predicted octanol–water partition coefficient (Wildman–Crippen LogP) is 6.51. The average molecular weight is 521 g/mol. The van der Waals surface area contributed by atoms with E-state index in [9.17, 15) is 18.7 Å². The smallest absolute Gasteiger partial charge is 0.308 e. The van der Waals surface area contributed by atoms with Crippen molar-refractivity contribution in [3.8, 4) is 5.75 Å². The molecule has 3 aromatic carbocycles. The van der Waals surface area contributed by atoms with Crippen molar-refractivity contribution in [1.29, 1.82) is 0 Å². The Bertz CT molecular complexity index is 1210. The lowest BCUT2D eigenvalue weighted by Gasteiger charge is -2.28. The van der Waals surface area contributed by atoms with Crippen LogP contribution in [0.5, 0.6) is 5.75 Å². The van der Waals surface area contributed by atoms with Gasteiger partial charge in [-0.05, 0) is 60.4 Å². The molecule has 4 nitrogen and oxygen atoms in total. The van der Waals surface area contributed by atoms with Gasteiger partial charge < -0.3 is 14.6 Å². The molecule has 1 fully saturated rings. The molecule has 0 radical (unpaired) electrons. The van der Waals surface area contributed by atoms with Crippen LogP contribution in [0.2, 0.25) is 10.0 Å². The number of aliphatic hydroxyl groups is 1. The van der Waals surface area contributed by atoms with Crippen molar-refractivity contribution in [2.75, 3.05) is 6.61 Å². The third-order valence-corrected chi connectivity index (χ3v) is 6.53. The van der Waals surface area contributed by atoms with Crippen LogP contribution in [0.15, 0.2) is 48.5 Å². The van der Waals surface area contributed by atoms with Gasteiger partial charge >= 0.3 is 5.97 Å². The first kappa shape index (κ1) is 25.4. The fourth-order valence-corrected chi connectivity index (χ4v) is 4.90. The molecule has 2 atom stereocenters. The summed E-state index contributed by atoms with van der Waals surface area (Å²) in [5.74, 6) is -1.40. The molecule has 3 aromatic rings. The molecule has 8 heteroatoms. The highest BCUT2D eigenvalue weighted by molar-refractivity contribution is 6.35. The minimum absolute atomic E-state index is 0.0330. The lowest BCUT2D eigenvalue weighted by Crippen LogP contribution is -2.36. The SMILES string of the molecule is Cc1cc(C(c2ccc(F)c(C)c2)c2cc(Cl)cc(Cl)c2OC[C@@H]2C[C@@H](O)CC(=O)O2)ccc1F. The van der Waals surface area contributed by atoms with Crippen molar-refractivity contribution in [2.45, 2.75) is 44.8 Å². The summed E-state index contributed by atoms with van der Waals surface area (Å²) in [4.78, 5) is 11.7. The van der Waals surface area contributed by atoms with E-state index in [0.717, 1.165) is 11.1 Å². The van der Waals surface area contributed by atoms with Crippen LogP contribution < -0.4 is 4.74 Å². The molecular formula is C27H24Cl2F2O4. The van der Waals surface area contributed by atoms with Gasteiger partial charge in [0.15, 0.2) is 0 Å². The van der Waals surface area contributed by atoms with Crippen LogP contribution in [-0.4, -0.2) is 29.9 Å². The zero-order valence-corrected chi connectivity index (χ0v) is 20.7. The summed E-state index contributed by atoms with van der Waals surface area (Å²) in [6, 6.07) is 12.7. The molecule has 1 saturated heterocycles. The second-order valence-electron chi connectivity index (χ2n) is 8.77. The summed E-state index contributed by atoms with van der Waals surface area (Å²) in [5, 5.41) is 10.5. The largest absolute Gasteiger partial charge is 0.488 e. The Hall–Kier alpha value is -2.67. The number of hydrogen-bond acceptors (Lipinski definition) is 4. The van der Waals surface area contributed by atoms with Crippen LogP contribution in [0.3, 0.4) is 0 Å². The quantitative estimate of drug-likeness (QED) is 0.297. The molecule has 0 spiro atoms. The van der Waals surface area contributed by atoms with E-state index in [-0.39, 0.29) is 36.1 Å². The van der Waals surface area contributed by atoms with Crippen LogP contribution in [0.4, 0.5) is 8.78 Å². The first-order valence-electron chi connectivity index (χ1n) is 11.1. The molecule has 0 aromatic heterocycles. The summed E-state index contributed by atoms with van der Waals surface area (Å²) < 4.78 is 39.6. The molecule has 0 amide bonds. The second kappa shape index (κ2) is 10.5. The lowest BCUT2D eigenvalue weighted by atomic mass is 9.83. The molecule has 0 aliphatic carbocycles. The number of carbonyl (C=O) groups is 1. The van der Waals surface area contributed by atoms with Gasteiger partial charge in [0, 0.05) is 22.9 Å². The van der Waals surface area contributed by atoms with Gasteiger partial charge in [0.2, 0.25) is 0 Å². The van der Waals surface area contributed by atoms with E-state index < -0.39 is 24.1 Å². The number of hydrogen-bond donors (Lipinski definition) is 1. The standard InChI is InChI=1S/C27H24Cl2F2O4/c1-14-7-16(3-5-23(14)30)26(17-4-6-24(31)15(2)8-17)21-9-18(28)10-22(29)27(21)34-13-20-11-19(32)12-25(33)35-20/h3-10,19-20,26,32H,11-13H2,1-2H3/t19-,20+/m1/s1. The van der Waals surface area contributed by atoms with Gasteiger partial charge in [0.05, 0.1) is 17.5 Å². The molecule has 1 heterocycles. The fraction of sp³-hybridized carbons (Fsp3) is 0.296. The van der Waals surface area contributed by atoms with Crippen molar-refractivity contribution in [3.05, 3.63) is 98.0 Å². The maximum absolute atomic E-state index is 14.1. The van der Waals surface area contributed by atoms with E-state index in [1.807, 2.05) is 0 Å². The van der Waals surface area contributed by atoms with Gasteiger partial charge in [0.25, 0.3) is 0 Å². The number of aryl methyl sites for hydroxylation is 2. The fourth-order valence-electron chi connectivity index (χ4n) is 4.33. The van der Waals surface area contributed by atoms with Crippen molar-refractivity contribution < 1.29 is 28.2 Å². The number of benzene rings is 3. The van der Waals surface area contributed by atoms with Gasteiger partial charge in [-0.25, -0.2) is 8.78 Å². The Morgan fingerprint density at radius 3 is 2.17 bits per heavy atom. The minimum atomic E-state index is -0.804. The highest BCUT2D eigenvalue weighted by Gasteiger charge is 2.29. The van der Waals surface area contributed by atoms with Gasteiger partial charge in [-0.3, -0.25) is 4.79 Å². The van der Waals surface area contributed by atoms with E-state index in [1.165, 1.54) is 18.2 Å². The molecule has 1 aliphatic heterocycles. The van der Waals surface area contributed by atoms with E-state index in [1.54, 1.807) is 44.2 Å². The van der Waals surface area contributed by atoms with Gasteiger partial charge in [0.1, 0.15) is 30.1 Å². The number of halogens is 4. The Balaban J connectivity index is 1.81. The molecule has 184 valence electrons. The van der Waals surface area contributed by atoms with Crippen LogP contribution in [0.1, 0.15) is 46.6 Å². The highest BCUT2D eigenvalue weighted by atomic mass is 35.5. The summed E-state index contributed by atoms with van der Waals surface area (Å²) in [5.41, 5.74) is 2.95. The molecule has 1 N–H and O–H groups in total. The van der Waals surface area contributed by atoms with Gasteiger partial charge in [-0.15, -0.1) is 0 Å². The normalized spacial score (nSPS) is 18.0. The van der Waals surface area contributed by atoms with Crippen LogP contribution in [-0.2, 0) is 9.53 Å². The molecule has 35 heavy (non-hydrogen) atoms. The highest BCUT2D eigenvalue weighted by Crippen LogP contribution is 2.43. The summed E-state index contributed by atoms with van der Waals surface area (Å²) in [7, 11) is 0. The average Bonchev–Trinajstić information content (AvgIpc) is 2.77. The molecular weight excluding hydrogens is 497 g/mol. The second-order valence-corrected chi connectivity index (χ2v) is 9.62. The first-order valence-corrected chi connectivity index (χ1v) is 11.9.